The van der Waals surface area contributed by atoms with Crippen molar-refractivity contribution < 1.29 is 15.0 Å². The van der Waals surface area contributed by atoms with Crippen LogP contribution in [0.15, 0.2) is 36.4 Å². The first-order valence-corrected chi connectivity index (χ1v) is 5.13. The lowest BCUT2D eigenvalue weighted by Gasteiger charge is -1.99. The van der Waals surface area contributed by atoms with Crippen LogP contribution in [0.3, 0.4) is 0 Å². The van der Waals surface area contributed by atoms with E-state index >= 15 is 0 Å². The van der Waals surface area contributed by atoms with Crippen LogP contribution in [-0.2, 0) is 0 Å². The second kappa shape index (κ2) is 3.25. The number of hydrogen-bond donors (Lipinski definition) is 3. The molecule has 0 unspecified atom stereocenters. The Morgan fingerprint density at radius 3 is 2.59 bits per heavy atom. The Kier molecular flexibility index (Phi) is 1.86. The number of nitrogens with one attached hydrogen (secondary N) is 1. The van der Waals surface area contributed by atoms with Crippen LogP contribution in [0.4, 0.5) is 0 Å². The van der Waals surface area contributed by atoms with Gasteiger partial charge in [0.25, 0.3) is 0 Å². The first kappa shape index (κ1) is 9.72. The Balaban J connectivity index is 2.46. The van der Waals surface area contributed by atoms with E-state index < -0.39 is 5.97 Å². The van der Waals surface area contributed by atoms with Crippen LogP contribution in [0.5, 0.6) is 5.75 Å². The van der Waals surface area contributed by atoms with Crippen molar-refractivity contribution in [2.75, 3.05) is 0 Å². The Labute approximate surface area is 96.1 Å². The molecule has 0 spiro atoms. The van der Waals surface area contributed by atoms with Crippen molar-refractivity contribution in [1.82, 2.24) is 4.98 Å². The molecule has 84 valence electrons. The Morgan fingerprint density at radius 2 is 1.82 bits per heavy atom. The fourth-order valence-electron chi connectivity index (χ4n) is 2.06. The minimum absolute atomic E-state index is 0.0935. The van der Waals surface area contributed by atoms with E-state index in [-0.39, 0.29) is 11.3 Å². The van der Waals surface area contributed by atoms with Gasteiger partial charge in [0, 0.05) is 21.8 Å². The molecule has 0 aliphatic heterocycles. The maximum Gasteiger partial charge on any atom is 0.339 e. The lowest BCUT2D eigenvalue weighted by atomic mass is 10.1. The average molecular weight is 227 g/mol. The molecule has 0 bridgehead atoms. The normalized spacial score (nSPS) is 11.1. The quantitative estimate of drug-likeness (QED) is 0.598. The molecule has 2 aromatic carbocycles. The standard InChI is InChI=1S/C13H9NO3/c15-12-6-8-7-3-1-2-4-10(7)14-11(8)5-9(12)13(16)17/h1-6,14-15H,(H,16,17). The number of aromatic hydroxyl groups is 1. The summed E-state index contributed by atoms with van der Waals surface area (Å²) >= 11 is 0. The van der Waals surface area contributed by atoms with E-state index in [4.69, 9.17) is 5.11 Å². The molecule has 17 heavy (non-hydrogen) atoms. The molecular weight excluding hydrogens is 218 g/mol. The third-order valence-corrected chi connectivity index (χ3v) is 2.85. The SMILES string of the molecule is O=C(O)c1cc2[nH]c3ccccc3c2cc1O. The monoisotopic (exact) mass is 227 g/mol. The van der Waals surface area contributed by atoms with Gasteiger partial charge >= 0.3 is 5.97 Å². The van der Waals surface area contributed by atoms with E-state index in [1.54, 1.807) is 0 Å². The highest BCUT2D eigenvalue weighted by atomic mass is 16.4. The Bertz CT molecular complexity index is 743. The lowest BCUT2D eigenvalue weighted by Crippen LogP contribution is -1.96. The van der Waals surface area contributed by atoms with Crippen molar-refractivity contribution >= 4 is 27.8 Å². The highest BCUT2D eigenvalue weighted by Crippen LogP contribution is 2.30. The summed E-state index contributed by atoms with van der Waals surface area (Å²) in [6.45, 7) is 0. The van der Waals surface area contributed by atoms with Crippen LogP contribution < -0.4 is 0 Å². The predicted molar refractivity (Wildman–Crippen MR) is 64.4 cm³/mol. The van der Waals surface area contributed by atoms with Crippen LogP contribution in [0.2, 0.25) is 0 Å². The number of hydrogen-bond acceptors (Lipinski definition) is 2. The van der Waals surface area contributed by atoms with E-state index in [0.29, 0.717) is 5.52 Å². The molecule has 0 radical (unpaired) electrons. The number of phenols is 1. The van der Waals surface area contributed by atoms with E-state index in [1.807, 2.05) is 24.3 Å². The zero-order valence-electron chi connectivity index (χ0n) is 8.77. The van der Waals surface area contributed by atoms with Crippen LogP contribution in [0.1, 0.15) is 10.4 Å². The summed E-state index contributed by atoms with van der Waals surface area (Å²) < 4.78 is 0. The van der Waals surface area contributed by atoms with Gasteiger partial charge in [-0.3, -0.25) is 0 Å². The topological polar surface area (TPSA) is 73.3 Å². The number of carbonyl (C=O) groups is 1. The first-order chi connectivity index (χ1) is 8.16. The third-order valence-electron chi connectivity index (χ3n) is 2.85. The highest BCUT2D eigenvalue weighted by Gasteiger charge is 2.13. The van der Waals surface area contributed by atoms with E-state index in [0.717, 1.165) is 16.3 Å². The number of carboxylic acid groups (broad SMARTS) is 1. The molecule has 3 rings (SSSR count). The molecule has 0 saturated carbocycles. The maximum atomic E-state index is 10.9. The van der Waals surface area contributed by atoms with Gasteiger partial charge in [-0.1, -0.05) is 18.2 Å². The largest absolute Gasteiger partial charge is 0.507 e. The first-order valence-electron chi connectivity index (χ1n) is 5.13. The summed E-state index contributed by atoms with van der Waals surface area (Å²) in [5.74, 6) is -1.35. The zero-order chi connectivity index (χ0) is 12.0. The van der Waals surface area contributed by atoms with E-state index in [2.05, 4.69) is 4.98 Å². The molecule has 0 atom stereocenters. The molecule has 3 N–H and O–H groups in total. The van der Waals surface area contributed by atoms with Gasteiger partial charge in [-0.05, 0) is 18.2 Å². The number of fused-ring (bicyclic) bond motifs is 3. The Hall–Kier alpha value is -2.49. The molecule has 4 nitrogen and oxygen atoms in total. The van der Waals surface area contributed by atoms with E-state index in [1.165, 1.54) is 12.1 Å². The number of para-hydroxylation sites is 1. The van der Waals surface area contributed by atoms with Gasteiger partial charge in [0.2, 0.25) is 0 Å². The average Bonchev–Trinajstić information content (AvgIpc) is 2.65. The van der Waals surface area contributed by atoms with Gasteiger partial charge in [-0.2, -0.15) is 0 Å². The minimum atomic E-state index is -1.14. The van der Waals surface area contributed by atoms with Crippen molar-refractivity contribution in [2.45, 2.75) is 0 Å². The molecule has 0 fully saturated rings. The fourth-order valence-corrected chi connectivity index (χ4v) is 2.06. The summed E-state index contributed by atoms with van der Waals surface area (Å²) in [7, 11) is 0. The summed E-state index contributed by atoms with van der Waals surface area (Å²) in [6.07, 6.45) is 0. The van der Waals surface area contributed by atoms with Crippen molar-refractivity contribution in [3.8, 4) is 5.75 Å². The Morgan fingerprint density at radius 1 is 1.06 bits per heavy atom. The van der Waals surface area contributed by atoms with Gasteiger partial charge < -0.3 is 15.2 Å². The number of H-pyrrole nitrogens is 1. The second-order valence-electron chi connectivity index (χ2n) is 3.89. The van der Waals surface area contributed by atoms with Crippen molar-refractivity contribution in [2.24, 2.45) is 0 Å². The van der Waals surface area contributed by atoms with Crippen LogP contribution in [0.25, 0.3) is 21.8 Å². The third kappa shape index (κ3) is 1.34. The smallest absolute Gasteiger partial charge is 0.339 e. The number of benzene rings is 2. The molecule has 0 aliphatic rings. The van der Waals surface area contributed by atoms with Gasteiger partial charge in [0.1, 0.15) is 11.3 Å². The van der Waals surface area contributed by atoms with Crippen LogP contribution in [0, 0.1) is 0 Å². The second-order valence-corrected chi connectivity index (χ2v) is 3.89. The summed E-state index contributed by atoms with van der Waals surface area (Å²) in [5, 5.41) is 20.4. The van der Waals surface area contributed by atoms with Crippen molar-refractivity contribution in [3.05, 3.63) is 42.0 Å². The summed E-state index contributed by atoms with van der Waals surface area (Å²) in [5.41, 5.74) is 1.54. The molecular formula is C13H9NO3. The summed E-state index contributed by atoms with van der Waals surface area (Å²) in [6, 6.07) is 10.6. The molecule has 0 amide bonds. The van der Waals surface area contributed by atoms with Gasteiger partial charge in [-0.25, -0.2) is 4.79 Å². The molecule has 1 aromatic heterocycles. The van der Waals surface area contributed by atoms with Crippen LogP contribution in [-0.4, -0.2) is 21.2 Å². The van der Waals surface area contributed by atoms with Gasteiger partial charge in [-0.15, -0.1) is 0 Å². The number of carboxylic acids is 1. The van der Waals surface area contributed by atoms with Crippen LogP contribution >= 0.6 is 0 Å². The molecule has 3 aromatic rings. The molecule has 4 heteroatoms. The molecule has 0 aliphatic carbocycles. The molecule has 0 saturated heterocycles. The highest BCUT2D eigenvalue weighted by molar-refractivity contribution is 6.09. The van der Waals surface area contributed by atoms with Crippen molar-refractivity contribution in [1.29, 1.82) is 0 Å². The number of aromatic carboxylic acids is 1. The fraction of sp³-hybridized carbons (Fsp3) is 0. The summed E-state index contributed by atoms with van der Waals surface area (Å²) in [4.78, 5) is 14.0. The number of rotatable bonds is 1. The predicted octanol–water partition coefficient (Wildman–Crippen LogP) is 2.72. The maximum absolute atomic E-state index is 10.9. The number of aromatic nitrogens is 1. The minimum Gasteiger partial charge on any atom is -0.507 e. The number of aromatic amines is 1. The zero-order valence-corrected chi connectivity index (χ0v) is 8.77. The molecule has 1 heterocycles. The van der Waals surface area contributed by atoms with E-state index in [9.17, 15) is 9.90 Å². The lowest BCUT2D eigenvalue weighted by molar-refractivity contribution is 0.0694. The van der Waals surface area contributed by atoms with Gasteiger partial charge in [0.05, 0.1) is 0 Å². The van der Waals surface area contributed by atoms with Crippen molar-refractivity contribution in [3.63, 3.8) is 0 Å². The van der Waals surface area contributed by atoms with Gasteiger partial charge in [0.15, 0.2) is 0 Å².